The number of carbonyl (C=O) groups excluding carboxylic acids is 1. The largest absolute Gasteiger partial charge is 0.350 e. The van der Waals surface area contributed by atoms with Crippen LogP contribution in [0.25, 0.3) is 0 Å². The lowest BCUT2D eigenvalue weighted by Crippen LogP contribution is -2.36. The zero-order chi connectivity index (χ0) is 14.5. The lowest BCUT2D eigenvalue weighted by Gasteiger charge is -2.13. The number of nitrogens with zero attached hydrogens (tertiary/aromatic N) is 2. The van der Waals surface area contributed by atoms with E-state index in [4.69, 9.17) is 0 Å². The Morgan fingerprint density at radius 3 is 2.65 bits per heavy atom. The van der Waals surface area contributed by atoms with Gasteiger partial charge in [0.25, 0.3) is 5.56 Å². The molecule has 5 nitrogen and oxygen atoms in total. The molecule has 0 radical (unpaired) electrons. The van der Waals surface area contributed by atoms with E-state index in [0.717, 1.165) is 5.56 Å². The van der Waals surface area contributed by atoms with Gasteiger partial charge >= 0.3 is 0 Å². The Morgan fingerprint density at radius 2 is 2.00 bits per heavy atom. The molecule has 0 saturated heterocycles. The first-order valence-corrected chi connectivity index (χ1v) is 6.45. The second kappa shape index (κ2) is 6.14. The van der Waals surface area contributed by atoms with Crippen LogP contribution < -0.4 is 10.9 Å². The molecule has 1 unspecified atom stereocenters. The second-order valence-corrected chi connectivity index (χ2v) is 4.69. The third-order valence-electron chi connectivity index (χ3n) is 3.08. The number of rotatable bonds is 4. The van der Waals surface area contributed by atoms with E-state index in [1.54, 1.807) is 13.0 Å². The highest BCUT2D eigenvalue weighted by Crippen LogP contribution is 2.04. The first-order valence-electron chi connectivity index (χ1n) is 6.45. The number of amides is 1. The summed E-state index contributed by atoms with van der Waals surface area (Å²) in [7, 11) is 0. The summed E-state index contributed by atoms with van der Waals surface area (Å²) in [6.45, 7) is 4.10. The highest BCUT2D eigenvalue weighted by Gasteiger charge is 2.16. The van der Waals surface area contributed by atoms with Crippen LogP contribution in [0.2, 0.25) is 0 Å². The van der Waals surface area contributed by atoms with Crippen molar-refractivity contribution in [2.24, 2.45) is 0 Å². The van der Waals surface area contributed by atoms with E-state index in [0.29, 0.717) is 6.54 Å². The van der Waals surface area contributed by atoms with Crippen LogP contribution >= 0.6 is 0 Å². The van der Waals surface area contributed by atoms with Crippen molar-refractivity contribution in [3.05, 3.63) is 64.1 Å². The fourth-order valence-electron chi connectivity index (χ4n) is 1.81. The number of aryl methyl sites for hydroxylation is 1. The summed E-state index contributed by atoms with van der Waals surface area (Å²) in [6, 6.07) is 10.2. The number of hydrogen-bond acceptors (Lipinski definition) is 3. The van der Waals surface area contributed by atoms with Crippen LogP contribution in [0.4, 0.5) is 0 Å². The van der Waals surface area contributed by atoms with Gasteiger partial charge in [0.2, 0.25) is 5.91 Å². The maximum absolute atomic E-state index is 12.0. The number of hydrogen-bond donors (Lipinski definition) is 1. The molecule has 0 saturated carbocycles. The number of nitrogens with one attached hydrogen (secondary N) is 1. The van der Waals surface area contributed by atoms with E-state index in [1.165, 1.54) is 22.5 Å². The van der Waals surface area contributed by atoms with Gasteiger partial charge in [-0.25, -0.2) is 4.68 Å². The van der Waals surface area contributed by atoms with Gasteiger partial charge in [-0.15, -0.1) is 0 Å². The zero-order valence-electron chi connectivity index (χ0n) is 11.5. The highest BCUT2D eigenvalue weighted by atomic mass is 16.2. The van der Waals surface area contributed by atoms with Crippen molar-refractivity contribution in [3.63, 3.8) is 0 Å². The van der Waals surface area contributed by atoms with Crippen LogP contribution in [0.1, 0.15) is 24.1 Å². The molecule has 0 bridgehead atoms. The molecule has 1 aromatic heterocycles. The van der Waals surface area contributed by atoms with Crippen LogP contribution in [0.3, 0.4) is 0 Å². The molecule has 0 aliphatic rings. The fraction of sp³-hybridized carbons (Fsp3) is 0.267. The van der Waals surface area contributed by atoms with Crippen molar-refractivity contribution < 1.29 is 4.79 Å². The van der Waals surface area contributed by atoms with E-state index in [-0.39, 0.29) is 11.5 Å². The molecule has 1 N–H and O–H groups in total. The summed E-state index contributed by atoms with van der Waals surface area (Å²) >= 11 is 0. The average molecular weight is 271 g/mol. The minimum absolute atomic E-state index is 0.230. The van der Waals surface area contributed by atoms with Gasteiger partial charge in [0.15, 0.2) is 0 Å². The van der Waals surface area contributed by atoms with Gasteiger partial charge in [0.1, 0.15) is 6.04 Å². The Morgan fingerprint density at radius 1 is 1.30 bits per heavy atom. The molecule has 20 heavy (non-hydrogen) atoms. The zero-order valence-corrected chi connectivity index (χ0v) is 11.5. The Hall–Kier alpha value is -2.43. The lowest BCUT2D eigenvalue weighted by molar-refractivity contribution is -0.124. The van der Waals surface area contributed by atoms with E-state index in [2.05, 4.69) is 10.4 Å². The monoisotopic (exact) mass is 271 g/mol. The molecule has 104 valence electrons. The molecular formula is C15H17N3O2. The molecule has 5 heteroatoms. The maximum atomic E-state index is 12.0. The van der Waals surface area contributed by atoms with E-state index in [1.807, 2.05) is 31.2 Å². The summed E-state index contributed by atoms with van der Waals surface area (Å²) in [5.41, 5.74) is 1.91. The Bertz CT molecular complexity index is 647. The van der Waals surface area contributed by atoms with Gasteiger partial charge < -0.3 is 5.32 Å². The van der Waals surface area contributed by atoms with E-state index < -0.39 is 6.04 Å². The molecule has 2 rings (SSSR count). The number of aromatic nitrogens is 2. The predicted octanol–water partition coefficient (Wildman–Crippen LogP) is 1.43. The van der Waals surface area contributed by atoms with Crippen molar-refractivity contribution in [2.75, 3.05) is 0 Å². The number of benzene rings is 1. The first-order chi connectivity index (χ1) is 9.58. The van der Waals surface area contributed by atoms with E-state index in [9.17, 15) is 9.59 Å². The second-order valence-electron chi connectivity index (χ2n) is 4.69. The summed E-state index contributed by atoms with van der Waals surface area (Å²) in [5, 5.41) is 6.71. The minimum atomic E-state index is -0.630. The van der Waals surface area contributed by atoms with Crippen LogP contribution in [0.15, 0.2) is 47.4 Å². The van der Waals surface area contributed by atoms with Crippen molar-refractivity contribution in [1.82, 2.24) is 15.1 Å². The summed E-state index contributed by atoms with van der Waals surface area (Å²) in [4.78, 5) is 23.6. The number of carbonyl (C=O) groups is 1. The van der Waals surface area contributed by atoms with Crippen molar-refractivity contribution in [3.8, 4) is 0 Å². The summed E-state index contributed by atoms with van der Waals surface area (Å²) in [5.74, 6) is -0.230. The third kappa shape index (κ3) is 3.32. The molecule has 1 heterocycles. The van der Waals surface area contributed by atoms with Crippen molar-refractivity contribution in [1.29, 1.82) is 0 Å². The smallest absolute Gasteiger partial charge is 0.267 e. The molecule has 0 aliphatic carbocycles. The van der Waals surface area contributed by atoms with Crippen LogP contribution in [-0.2, 0) is 11.3 Å². The minimum Gasteiger partial charge on any atom is -0.350 e. The Kier molecular flexibility index (Phi) is 4.30. The van der Waals surface area contributed by atoms with Crippen LogP contribution in [0, 0.1) is 6.92 Å². The molecule has 0 fully saturated rings. The third-order valence-corrected chi connectivity index (χ3v) is 3.08. The van der Waals surface area contributed by atoms with E-state index >= 15 is 0 Å². The molecule has 2 aromatic rings. The standard InChI is InChI=1S/C15H17N3O2/c1-11-5-7-13(8-6-11)10-16-15(20)12(2)18-14(19)4-3-9-17-18/h3-9,12H,10H2,1-2H3,(H,16,20). The molecule has 1 atom stereocenters. The summed E-state index contributed by atoms with van der Waals surface area (Å²) < 4.78 is 1.17. The molecular weight excluding hydrogens is 254 g/mol. The Balaban J connectivity index is 2.00. The topological polar surface area (TPSA) is 64.0 Å². The lowest BCUT2D eigenvalue weighted by atomic mass is 10.1. The van der Waals surface area contributed by atoms with Crippen molar-refractivity contribution in [2.45, 2.75) is 26.4 Å². The SMILES string of the molecule is Cc1ccc(CNC(=O)C(C)n2ncccc2=O)cc1. The molecule has 0 aliphatic heterocycles. The van der Waals surface area contributed by atoms with Gasteiger partial charge in [0, 0.05) is 18.8 Å². The highest BCUT2D eigenvalue weighted by molar-refractivity contribution is 5.79. The van der Waals surface area contributed by atoms with Gasteiger partial charge in [-0.1, -0.05) is 29.8 Å². The van der Waals surface area contributed by atoms with Gasteiger partial charge in [-0.05, 0) is 25.5 Å². The van der Waals surface area contributed by atoms with Crippen molar-refractivity contribution >= 4 is 5.91 Å². The van der Waals surface area contributed by atoms with Gasteiger partial charge in [-0.2, -0.15) is 5.10 Å². The molecule has 0 spiro atoms. The van der Waals surface area contributed by atoms with Gasteiger partial charge in [0.05, 0.1) is 0 Å². The van der Waals surface area contributed by atoms with Crippen LogP contribution in [-0.4, -0.2) is 15.7 Å². The molecule has 1 amide bonds. The summed E-state index contributed by atoms with van der Waals surface area (Å²) in [6.07, 6.45) is 1.49. The molecule has 1 aromatic carbocycles. The quantitative estimate of drug-likeness (QED) is 0.915. The van der Waals surface area contributed by atoms with Crippen LogP contribution in [0.5, 0.6) is 0 Å². The normalized spacial score (nSPS) is 11.9. The fourth-order valence-corrected chi connectivity index (χ4v) is 1.81. The average Bonchev–Trinajstić information content (AvgIpc) is 2.46. The first kappa shape index (κ1) is 14.0. The Labute approximate surface area is 117 Å². The maximum Gasteiger partial charge on any atom is 0.267 e. The van der Waals surface area contributed by atoms with Gasteiger partial charge in [-0.3, -0.25) is 9.59 Å². The predicted molar refractivity (Wildman–Crippen MR) is 76.2 cm³/mol.